The van der Waals surface area contributed by atoms with Gasteiger partial charge in [-0.25, -0.2) is 0 Å². The van der Waals surface area contributed by atoms with Crippen LogP contribution in [0.2, 0.25) is 0 Å². The highest BCUT2D eigenvalue weighted by Crippen LogP contribution is 2.35. The number of nitrogens with zero attached hydrogens (tertiary/aromatic N) is 1. The summed E-state index contributed by atoms with van der Waals surface area (Å²) in [6.07, 6.45) is 10.6. The van der Waals surface area contributed by atoms with Crippen molar-refractivity contribution in [3.05, 3.63) is 89.5 Å². The van der Waals surface area contributed by atoms with Gasteiger partial charge in [-0.15, -0.1) is 0 Å². The molecule has 5 heteroatoms. The summed E-state index contributed by atoms with van der Waals surface area (Å²) in [4.78, 5) is 15.2. The Hall–Kier alpha value is -3.57. The maximum Gasteiger partial charge on any atom is 0.314 e. The van der Waals surface area contributed by atoms with Crippen molar-refractivity contribution in [2.24, 2.45) is 5.92 Å². The fraction of sp³-hybridized carbons (Fsp3) is 0.432. The van der Waals surface area contributed by atoms with Crippen LogP contribution in [0.25, 0.3) is 11.1 Å². The van der Waals surface area contributed by atoms with E-state index in [2.05, 4.69) is 60.4 Å². The molecule has 2 aliphatic rings. The number of rotatable bonds is 10. The van der Waals surface area contributed by atoms with E-state index in [4.69, 9.17) is 14.2 Å². The highest BCUT2D eigenvalue weighted by molar-refractivity contribution is 5.98. The number of likely N-dealkylation sites (tertiary alicyclic amines) is 1. The van der Waals surface area contributed by atoms with Gasteiger partial charge in [-0.2, -0.15) is 0 Å². The number of carbonyl (C=O) groups excluding carboxylic acids is 1. The molecule has 1 aliphatic heterocycles. The zero-order chi connectivity index (χ0) is 29.1. The van der Waals surface area contributed by atoms with Crippen LogP contribution in [0.15, 0.2) is 72.8 Å². The third kappa shape index (κ3) is 8.04. The van der Waals surface area contributed by atoms with Gasteiger partial charge in [0.2, 0.25) is 0 Å². The number of allylic oxidation sites excluding steroid dienone is 1. The topological polar surface area (TPSA) is 48.0 Å². The van der Waals surface area contributed by atoms with Gasteiger partial charge in [0, 0.05) is 6.54 Å². The van der Waals surface area contributed by atoms with E-state index < -0.39 is 0 Å². The molecule has 0 unspecified atom stereocenters. The molecular weight excluding hydrogens is 522 g/mol. The van der Waals surface area contributed by atoms with E-state index in [1.807, 2.05) is 24.3 Å². The Morgan fingerprint density at radius 3 is 1.81 bits per heavy atom. The van der Waals surface area contributed by atoms with Crippen molar-refractivity contribution in [1.82, 2.24) is 4.90 Å². The molecule has 1 aliphatic carbocycles. The fourth-order valence-corrected chi connectivity index (χ4v) is 6.18. The summed E-state index contributed by atoms with van der Waals surface area (Å²) in [5.41, 5.74) is 5.57. The van der Waals surface area contributed by atoms with Gasteiger partial charge in [-0.3, -0.25) is 9.69 Å². The molecule has 0 N–H and O–H groups in total. The summed E-state index contributed by atoms with van der Waals surface area (Å²) in [7, 11) is 1.68. The lowest BCUT2D eigenvalue weighted by molar-refractivity contribution is -0.139. The first-order valence-electron chi connectivity index (χ1n) is 15.7. The number of benzene rings is 3. The van der Waals surface area contributed by atoms with Gasteiger partial charge in [-0.1, -0.05) is 68.5 Å². The highest BCUT2D eigenvalue weighted by atomic mass is 16.5. The van der Waals surface area contributed by atoms with Gasteiger partial charge in [0.25, 0.3) is 0 Å². The number of hydrogen-bond donors (Lipinski definition) is 0. The van der Waals surface area contributed by atoms with Crippen LogP contribution in [0.4, 0.5) is 0 Å². The van der Waals surface area contributed by atoms with Crippen LogP contribution < -0.4 is 14.2 Å². The Labute approximate surface area is 251 Å². The van der Waals surface area contributed by atoms with Gasteiger partial charge in [0.15, 0.2) is 0 Å². The van der Waals surface area contributed by atoms with Crippen LogP contribution in [0, 0.1) is 5.92 Å². The second-order valence-corrected chi connectivity index (χ2v) is 11.6. The summed E-state index contributed by atoms with van der Waals surface area (Å²) in [5, 5.41) is 0. The van der Waals surface area contributed by atoms with Crippen LogP contribution in [0.3, 0.4) is 0 Å². The van der Waals surface area contributed by atoms with Gasteiger partial charge in [0.05, 0.1) is 13.0 Å². The zero-order valence-corrected chi connectivity index (χ0v) is 25.3. The Kier molecular flexibility index (Phi) is 10.7. The molecule has 3 aromatic rings. The third-order valence-electron chi connectivity index (χ3n) is 8.72. The van der Waals surface area contributed by atoms with Crippen LogP contribution in [-0.2, 0) is 4.79 Å². The molecule has 0 bridgehead atoms. The lowest BCUT2D eigenvalue weighted by Crippen LogP contribution is -2.29. The number of hydrogen-bond acceptors (Lipinski definition) is 5. The van der Waals surface area contributed by atoms with Crippen molar-refractivity contribution in [3.63, 3.8) is 0 Å². The molecule has 5 nitrogen and oxygen atoms in total. The second kappa shape index (κ2) is 15.1. The largest absolute Gasteiger partial charge is 0.497 e. The van der Waals surface area contributed by atoms with E-state index in [1.54, 1.807) is 7.11 Å². The lowest BCUT2D eigenvalue weighted by Gasteiger charge is -2.20. The molecule has 5 rings (SSSR count). The van der Waals surface area contributed by atoms with E-state index >= 15 is 0 Å². The maximum atomic E-state index is 12.7. The number of esters is 1. The third-order valence-corrected chi connectivity index (χ3v) is 8.72. The average molecular weight is 568 g/mol. The minimum absolute atomic E-state index is 0.0243. The molecule has 0 atom stereocenters. The Morgan fingerprint density at radius 2 is 1.21 bits per heavy atom. The van der Waals surface area contributed by atoms with Crippen molar-refractivity contribution in [1.29, 1.82) is 0 Å². The Balaban J connectivity index is 1.34. The SMILES string of the molecule is COc1ccc(/C(C)=C(\c2ccc(OCCN3CCCCCC3)cc2)c2ccc(OC(=O)C3CCCCC3)cc2)cc1. The predicted octanol–water partition coefficient (Wildman–Crippen LogP) is 8.41. The Bertz CT molecular complexity index is 1300. The normalized spacial score (nSPS) is 17.2. The molecule has 42 heavy (non-hydrogen) atoms. The summed E-state index contributed by atoms with van der Waals surface area (Å²) in [5.74, 6) is 2.25. The number of methoxy groups -OCH3 is 1. The van der Waals surface area contributed by atoms with Gasteiger partial charge in [0.1, 0.15) is 23.9 Å². The smallest absolute Gasteiger partial charge is 0.314 e. The van der Waals surface area contributed by atoms with Crippen molar-refractivity contribution in [3.8, 4) is 17.2 Å². The standard InChI is InChI=1S/C37H45NO4/c1-28(29-12-18-33(40-2)19-13-29)36(31-16-22-35(23-17-31)42-37(39)32-10-6-5-7-11-32)30-14-20-34(21-15-30)41-27-26-38-24-8-3-4-9-25-38/h12-23,32H,3-11,24-27H2,1-2H3/b36-28+. The fourth-order valence-electron chi connectivity index (χ4n) is 6.18. The molecule has 1 saturated carbocycles. The van der Waals surface area contributed by atoms with E-state index in [0.29, 0.717) is 12.4 Å². The number of ether oxygens (including phenoxy) is 3. The quantitative estimate of drug-likeness (QED) is 0.140. The Morgan fingerprint density at radius 1 is 0.690 bits per heavy atom. The summed E-state index contributed by atoms with van der Waals surface area (Å²) < 4.78 is 17.3. The van der Waals surface area contributed by atoms with Crippen LogP contribution in [-0.4, -0.2) is 44.2 Å². The number of carbonyl (C=O) groups is 1. The maximum absolute atomic E-state index is 12.7. The summed E-state index contributed by atoms with van der Waals surface area (Å²) in [6.45, 7) is 6.19. The molecule has 0 spiro atoms. The highest BCUT2D eigenvalue weighted by Gasteiger charge is 2.23. The van der Waals surface area contributed by atoms with Crippen LogP contribution >= 0.6 is 0 Å². The lowest BCUT2D eigenvalue weighted by atomic mass is 9.89. The van der Waals surface area contributed by atoms with Crippen molar-refractivity contribution in [2.45, 2.75) is 64.7 Å². The minimum Gasteiger partial charge on any atom is -0.497 e. The minimum atomic E-state index is -0.0981. The van der Waals surface area contributed by atoms with Gasteiger partial charge >= 0.3 is 5.97 Å². The molecule has 1 heterocycles. The van der Waals surface area contributed by atoms with E-state index in [0.717, 1.165) is 71.6 Å². The molecule has 3 aromatic carbocycles. The summed E-state index contributed by atoms with van der Waals surface area (Å²) >= 11 is 0. The van der Waals surface area contributed by atoms with Crippen molar-refractivity contribution in [2.75, 3.05) is 33.4 Å². The monoisotopic (exact) mass is 567 g/mol. The molecule has 222 valence electrons. The first-order valence-corrected chi connectivity index (χ1v) is 15.7. The average Bonchev–Trinajstić information content (AvgIpc) is 3.32. The van der Waals surface area contributed by atoms with E-state index in [9.17, 15) is 4.79 Å². The van der Waals surface area contributed by atoms with Gasteiger partial charge in [-0.05, 0) is 110 Å². The van der Waals surface area contributed by atoms with Crippen LogP contribution in [0.1, 0.15) is 81.4 Å². The predicted molar refractivity (Wildman–Crippen MR) is 170 cm³/mol. The van der Waals surface area contributed by atoms with E-state index in [1.165, 1.54) is 45.2 Å². The molecular formula is C37H45NO4. The van der Waals surface area contributed by atoms with E-state index in [-0.39, 0.29) is 11.9 Å². The first-order chi connectivity index (χ1) is 20.6. The van der Waals surface area contributed by atoms with Gasteiger partial charge < -0.3 is 14.2 Å². The van der Waals surface area contributed by atoms with Crippen molar-refractivity contribution >= 4 is 17.1 Å². The van der Waals surface area contributed by atoms with Crippen molar-refractivity contribution < 1.29 is 19.0 Å². The second-order valence-electron chi connectivity index (χ2n) is 11.6. The molecule has 0 aromatic heterocycles. The molecule has 1 saturated heterocycles. The first kappa shape index (κ1) is 29.9. The molecule has 0 amide bonds. The molecule has 2 fully saturated rings. The summed E-state index contributed by atoms with van der Waals surface area (Å²) in [6, 6.07) is 24.5. The molecule has 0 radical (unpaired) electrons. The zero-order valence-electron chi connectivity index (χ0n) is 25.3. The van der Waals surface area contributed by atoms with Crippen LogP contribution in [0.5, 0.6) is 17.2 Å².